The van der Waals surface area contributed by atoms with E-state index in [4.69, 9.17) is 28.9 Å². The summed E-state index contributed by atoms with van der Waals surface area (Å²) in [6, 6.07) is 4.79. The number of rotatable bonds is 4. The first kappa shape index (κ1) is 15.3. The molecule has 1 atom stereocenters. The van der Waals surface area contributed by atoms with Gasteiger partial charge in [-0.25, -0.2) is 0 Å². The fraction of sp³-hybridized carbons (Fsp3) is 0.462. The van der Waals surface area contributed by atoms with E-state index < -0.39 is 5.54 Å². The van der Waals surface area contributed by atoms with Gasteiger partial charge in [0.05, 0.1) is 16.1 Å². The summed E-state index contributed by atoms with van der Waals surface area (Å²) in [5, 5.41) is 3.77. The molecule has 18 heavy (non-hydrogen) atoms. The fourth-order valence-electron chi connectivity index (χ4n) is 1.43. The second-order valence-corrected chi connectivity index (χ2v) is 5.70. The average molecular weight is 289 g/mol. The van der Waals surface area contributed by atoms with Crippen LogP contribution >= 0.6 is 23.2 Å². The van der Waals surface area contributed by atoms with Gasteiger partial charge in [0.15, 0.2) is 0 Å². The van der Waals surface area contributed by atoms with Crippen molar-refractivity contribution in [3.63, 3.8) is 0 Å². The van der Waals surface area contributed by atoms with Gasteiger partial charge in [-0.1, -0.05) is 37.0 Å². The van der Waals surface area contributed by atoms with Gasteiger partial charge in [0.1, 0.15) is 0 Å². The average Bonchev–Trinajstić information content (AvgIpc) is 2.28. The second kappa shape index (κ2) is 5.91. The molecule has 0 aliphatic carbocycles. The molecule has 1 unspecified atom stereocenters. The summed E-state index contributed by atoms with van der Waals surface area (Å²) in [6.07, 6.45) is 0. The van der Waals surface area contributed by atoms with Crippen molar-refractivity contribution < 1.29 is 4.79 Å². The highest BCUT2D eigenvalue weighted by atomic mass is 35.5. The zero-order valence-corrected chi connectivity index (χ0v) is 12.3. The van der Waals surface area contributed by atoms with Crippen LogP contribution in [0.1, 0.15) is 31.1 Å². The molecule has 1 rings (SSSR count). The molecule has 1 aromatic rings. The molecule has 1 aromatic carbocycles. The van der Waals surface area contributed by atoms with Crippen molar-refractivity contribution in [2.24, 2.45) is 11.7 Å². The molecule has 3 N–H and O–H groups in total. The van der Waals surface area contributed by atoms with E-state index in [1.54, 1.807) is 18.2 Å². The first-order chi connectivity index (χ1) is 8.30. The molecule has 0 aromatic heterocycles. The first-order valence-corrected chi connectivity index (χ1v) is 6.53. The maximum Gasteiger partial charge on any atom is 0.253 e. The van der Waals surface area contributed by atoms with Crippen LogP contribution in [0.25, 0.3) is 0 Å². The van der Waals surface area contributed by atoms with E-state index in [9.17, 15) is 4.79 Å². The van der Waals surface area contributed by atoms with E-state index in [-0.39, 0.29) is 11.8 Å². The molecule has 0 spiro atoms. The number of halogens is 2. The Kier molecular flexibility index (Phi) is 5.02. The third-order valence-electron chi connectivity index (χ3n) is 3.27. The summed E-state index contributed by atoms with van der Waals surface area (Å²) in [5.74, 6) is -0.0177. The van der Waals surface area contributed by atoms with Crippen LogP contribution in [-0.4, -0.2) is 18.0 Å². The Morgan fingerprint density at radius 2 is 2.06 bits per heavy atom. The molecule has 0 heterocycles. The van der Waals surface area contributed by atoms with Gasteiger partial charge in [-0.15, -0.1) is 0 Å². The quantitative estimate of drug-likeness (QED) is 0.895. The molecule has 0 fully saturated rings. The van der Waals surface area contributed by atoms with Crippen LogP contribution in [0.5, 0.6) is 0 Å². The lowest BCUT2D eigenvalue weighted by Gasteiger charge is -2.33. The predicted octanol–water partition coefficient (Wildman–Crippen LogP) is 3.10. The maximum absolute atomic E-state index is 12.2. The minimum atomic E-state index is -0.458. The van der Waals surface area contributed by atoms with Crippen LogP contribution < -0.4 is 11.1 Å². The van der Waals surface area contributed by atoms with Crippen molar-refractivity contribution in [2.75, 3.05) is 6.54 Å². The van der Waals surface area contributed by atoms with E-state index in [2.05, 4.69) is 5.32 Å². The summed E-state index contributed by atoms with van der Waals surface area (Å²) in [7, 11) is 0. The SMILES string of the molecule is CC(C)C(C)(CN)NC(=O)c1ccc(Cl)cc1Cl. The minimum absolute atomic E-state index is 0.220. The van der Waals surface area contributed by atoms with E-state index in [0.29, 0.717) is 22.2 Å². The van der Waals surface area contributed by atoms with Crippen LogP contribution in [0.15, 0.2) is 18.2 Å². The van der Waals surface area contributed by atoms with Crippen LogP contribution in [0.3, 0.4) is 0 Å². The minimum Gasteiger partial charge on any atom is -0.345 e. The number of carbonyl (C=O) groups is 1. The molecule has 0 saturated heterocycles. The van der Waals surface area contributed by atoms with Gasteiger partial charge in [0, 0.05) is 11.6 Å². The van der Waals surface area contributed by atoms with Gasteiger partial charge >= 0.3 is 0 Å². The smallest absolute Gasteiger partial charge is 0.253 e. The molecule has 5 heteroatoms. The first-order valence-electron chi connectivity index (χ1n) is 5.78. The molecule has 100 valence electrons. The lowest BCUT2D eigenvalue weighted by molar-refractivity contribution is 0.0883. The summed E-state index contributed by atoms with van der Waals surface area (Å²) >= 11 is 11.8. The van der Waals surface area contributed by atoms with Crippen LogP contribution in [0.2, 0.25) is 10.0 Å². The van der Waals surface area contributed by atoms with E-state index in [1.165, 1.54) is 0 Å². The van der Waals surface area contributed by atoms with Gasteiger partial charge in [0.25, 0.3) is 5.91 Å². The van der Waals surface area contributed by atoms with Crippen LogP contribution in [0.4, 0.5) is 0 Å². The Morgan fingerprint density at radius 3 is 2.50 bits per heavy atom. The predicted molar refractivity (Wildman–Crippen MR) is 76.2 cm³/mol. The van der Waals surface area contributed by atoms with Crippen molar-refractivity contribution in [2.45, 2.75) is 26.3 Å². The number of amides is 1. The zero-order chi connectivity index (χ0) is 13.9. The Hall–Kier alpha value is -0.770. The number of hydrogen-bond donors (Lipinski definition) is 2. The molecule has 0 bridgehead atoms. The molecule has 3 nitrogen and oxygen atoms in total. The lowest BCUT2D eigenvalue weighted by atomic mass is 9.88. The van der Waals surface area contributed by atoms with E-state index in [0.717, 1.165) is 0 Å². The monoisotopic (exact) mass is 288 g/mol. The van der Waals surface area contributed by atoms with E-state index >= 15 is 0 Å². The topological polar surface area (TPSA) is 55.1 Å². The van der Waals surface area contributed by atoms with Gasteiger partial charge in [0.2, 0.25) is 0 Å². The number of hydrogen-bond acceptors (Lipinski definition) is 2. The highest BCUT2D eigenvalue weighted by molar-refractivity contribution is 6.36. The molecular weight excluding hydrogens is 271 g/mol. The standard InChI is InChI=1S/C13H18Cl2N2O/c1-8(2)13(3,7-16)17-12(18)10-5-4-9(14)6-11(10)15/h4-6,8H,7,16H2,1-3H3,(H,17,18). The Morgan fingerprint density at radius 1 is 1.44 bits per heavy atom. The summed E-state index contributed by atoms with van der Waals surface area (Å²) in [5.41, 5.74) is 5.67. The summed E-state index contributed by atoms with van der Waals surface area (Å²) < 4.78 is 0. The van der Waals surface area contributed by atoms with Gasteiger partial charge in [-0.3, -0.25) is 4.79 Å². The third-order valence-corrected chi connectivity index (χ3v) is 3.82. The van der Waals surface area contributed by atoms with Crippen molar-refractivity contribution in [1.29, 1.82) is 0 Å². The Labute approximate surface area is 118 Å². The number of nitrogens with one attached hydrogen (secondary N) is 1. The number of benzene rings is 1. The van der Waals surface area contributed by atoms with Crippen LogP contribution in [0, 0.1) is 5.92 Å². The Balaban J connectivity index is 2.95. The Bertz CT molecular complexity index is 449. The number of carbonyl (C=O) groups excluding carboxylic acids is 1. The molecule has 0 aliphatic heterocycles. The van der Waals surface area contributed by atoms with Crippen molar-refractivity contribution in [3.05, 3.63) is 33.8 Å². The summed E-state index contributed by atoms with van der Waals surface area (Å²) in [6.45, 7) is 6.30. The molecule has 0 saturated carbocycles. The summed E-state index contributed by atoms with van der Waals surface area (Å²) in [4.78, 5) is 12.2. The zero-order valence-electron chi connectivity index (χ0n) is 10.8. The largest absolute Gasteiger partial charge is 0.345 e. The van der Waals surface area contributed by atoms with Gasteiger partial charge in [-0.05, 0) is 31.0 Å². The highest BCUT2D eigenvalue weighted by Gasteiger charge is 2.29. The third kappa shape index (κ3) is 3.37. The van der Waals surface area contributed by atoms with Crippen molar-refractivity contribution >= 4 is 29.1 Å². The van der Waals surface area contributed by atoms with Gasteiger partial charge in [-0.2, -0.15) is 0 Å². The second-order valence-electron chi connectivity index (χ2n) is 4.85. The normalized spacial score (nSPS) is 14.4. The van der Waals surface area contributed by atoms with E-state index in [1.807, 2.05) is 20.8 Å². The molecule has 1 amide bonds. The van der Waals surface area contributed by atoms with Crippen molar-refractivity contribution in [1.82, 2.24) is 5.32 Å². The maximum atomic E-state index is 12.2. The lowest BCUT2D eigenvalue weighted by Crippen LogP contribution is -2.55. The van der Waals surface area contributed by atoms with Crippen molar-refractivity contribution in [3.8, 4) is 0 Å². The van der Waals surface area contributed by atoms with Gasteiger partial charge < -0.3 is 11.1 Å². The van der Waals surface area contributed by atoms with Crippen LogP contribution in [-0.2, 0) is 0 Å². The molecule has 0 radical (unpaired) electrons. The highest BCUT2D eigenvalue weighted by Crippen LogP contribution is 2.22. The molecular formula is C13H18Cl2N2O. The molecule has 0 aliphatic rings. The number of nitrogens with two attached hydrogens (primary N) is 1. The fourth-order valence-corrected chi connectivity index (χ4v) is 1.93.